The number of tetrazole rings is 1. The molecule has 3 aromatic rings. The number of hydrogen-bond acceptors (Lipinski definition) is 7. The van der Waals surface area contributed by atoms with Crippen LogP contribution in [0.25, 0.3) is 11.4 Å². The fraction of sp³-hybridized carbons (Fsp3) is 0.444. The molecule has 0 saturated carbocycles. The quantitative estimate of drug-likeness (QED) is 0.395. The monoisotopic (exact) mass is 524 g/mol. The van der Waals surface area contributed by atoms with Crippen molar-refractivity contribution in [2.75, 3.05) is 19.7 Å². The number of hydrogen-bond donors (Lipinski definition) is 2. The number of aromatic hydroxyl groups is 1. The van der Waals surface area contributed by atoms with E-state index in [1.54, 1.807) is 12.1 Å². The van der Waals surface area contributed by atoms with Crippen LogP contribution in [0, 0.1) is 11.7 Å². The number of phenolic OH excluding ortho intramolecular Hbond substituents is 1. The minimum atomic E-state index is -0.945. The van der Waals surface area contributed by atoms with E-state index >= 15 is 0 Å². The third kappa shape index (κ3) is 7.12. The third-order valence-electron chi connectivity index (χ3n) is 6.37. The van der Waals surface area contributed by atoms with Crippen LogP contribution < -0.4 is 5.32 Å². The minimum absolute atomic E-state index is 0.0601. The molecule has 2 N–H and O–H groups in total. The number of amides is 2. The van der Waals surface area contributed by atoms with Crippen molar-refractivity contribution in [3.05, 3.63) is 59.9 Å². The summed E-state index contributed by atoms with van der Waals surface area (Å²) >= 11 is 0. The first-order chi connectivity index (χ1) is 18.3. The van der Waals surface area contributed by atoms with E-state index in [1.165, 1.54) is 41.3 Å². The second-order valence-electron chi connectivity index (χ2n) is 9.80. The van der Waals surface area contributed by atoms with Crippen molar-refractivity contribution in [2.24, 2.45) is 5.92 Å². The normalized spacial score (nSPS) is 15.9. The number of phenols is 1. The number of nitrogens with zero attached hydrogens (tertiary/aromatic N) is 5. The van der Waals surface area contributed by atoms with Crippen molar-refractivity contribution in [3.63, 3.8) is 0 Å². The van der Waals surface area contributed by atoms with Gasteiger partial charge in [0.15, 0.2) is 0 Å². The Kier molecular flexibility index (Phi) is 9.01. The molecule has 202 valence electrons. The van der Waals surface area contributed by atoms with Crippen molar-refractivity contribution in [2.45, 2.75) is 51.8 Å². The van der Waals surface area contributed by atoms with Crippen molar-refractivity contribution >= 4 is 11.8 Å². The summed E-state index contributed by atoms with van der Waals surface area (Å²) in [7, 11) is 0. The maximum atomic E-state index is 13.7. The molecule has 0 unspecified atom stereocenters. The highest BCUT2D eigenvalue weighted by atomic mass is 19.1. The SMILES string of the molecule is CC(C)CCNC(=O)[C@H](c1ccc(O)cc1)N(C[C@H]1CCCO1)C(=O)Cn1nnc(-c2ccc(F)cc2)n1. The van der Waals surface area contributed by atoms with Gasteiger partial charge in [0.1, 0.15) is 24.2 Å². The van der Waals surface area contributed by atoms with Gasteiger partial charge in [-0.3, -0.25) is 9.59 Å². The van der Waals surface area contributed by atoms with Gasteiger partial charge < -0.3 is 20.1 Å². The minimum Gasteiger partial charge on any atom is -0.508 e. The van der Waals surface area contributed by atoms with Crippen molar-refractivity contribution < 1.29 is 23.8 Å². The van der Waals surface area contributed by atoms with E-state index in [-0.39, 0.29) is 48.4 Å². The summed E-state index contributed by atoms with van der Waals surface area (Å²) < 4.78 is 19.1. The lowest BCUT2D eigenvalue weighted by Gasteiger charge is -2.33. The summed E-state index contributed by atoms with van der Waals surface area (Å²) in [5.74, 6) is -0.370. The lowest BCUT2D eigenvalue weighted by atomic mass is 10.0. The second-order valence-corrected chi connectivity index (χ2v) is 9.80. The smallest absolute Gasteiger partial charge is 0.247 e. The van der Waals surface area contributed by atoms with Crippen molar-refractivity contribution in [1.82, 2.24) is 30.4 Å². The number of rotatable bonds is 11. The first-order valence-electron chi connectivity index (χ1n) is 12.8. The van der Waals surface area contributed by atoms with Crippen LogP contribution in [0.15, 0.2) is 48.5 Å². The van der Waals surface area contributed by atoms with Crippen LogP contribution in [-0.2, 0) is 20.9 Å². The molecule has 0 radical (unpaired) electrons. The van der Waals surface area contributed by atoms with Crippen molar-refractivity contribution in [1.29, 1.82) is 0 Å². The van der Waals surface area contributed by atoms with Crippen LogP contribution >= 0.6 is 0 Å². The van der Waals surface area contributed by atoms with Gasteiger partial charge in [-0.1, -0.05) is 26.0 Å². The zero-order chi connectivity index (χ0) is 27.1. The van der Waals surface area contributed by atoms with Crippen LogP contribution in [0.2, 0.25) is 0 Å². The highest BCUT2D eigenvalue weighted by Gasteiger charge is 2.34. The Hall–Kier alpha value is -3.86. The summed E-state index contributed by atoms with van der Waals surface area (Å²) in [5.41, 5.74) is 1.13. The fourth-order valence-corrected chi connectivity index (χ4v) is 4.31. The van der Waals surface area contributed by atoms with E-state index in [9.17, 15) is 19.1 Å². The van der Waals surface area contributed by atoms with Crippen LogP contribution in [0.3, 0.4) is 0 Å². The summed E-state index contributed by atoms with van der Waals surface area (Å²) in [6.07, 6.45) is 2.24. The first kappa shape index (κ1) is 27.2. The Balaban J connectivity index is 1.60. The number of nitrogens with one attached hydrogen (secondary N) is 1. The standard InChI is InChI=1S/C27H33FN6O4/c1-18(2)13-14-29-27(37)25(19-7-11-22(35)12-8-19)33(16-23-4-3-15-38-23)24(36)17-34-31-26(30-32-34)20-5-9-21(28)10-6-20/h5-12,18,23,25,35H,3-4,13-17H2,1-2H3,(H,29,37)/t23-,25+/m1/s1. The van der Waals surface area contributed by atoms with Crippen molar-refractivity contribution in [3.8, 4) is 17.1 Å². The largest absolute Gasteiger partial charge is 0.508 e. The first-order valence-corrected chi connectivity index (χ1v) is 12.8. The van der Waals surface area contributed by atoms with Gasteiger partial charge >= 0.3 is 0 Å². The van der Waals surface area contributed by atoms with Crippen LogP contribution in [-0.4, -0.2) is 67.8 Å². The predicted octanol–water partition coefficient (Wildman–Crippen LogP) is 3.10. The van der Waals surface area contributed by atoms with Crippen LogP contribution in [0.5, 0.6) is 5.75 Å². The Morgan fingerprint density at radius 3 is 2.58 bits per heavy atom. The molecule has 1 fully saturated rings. The lowest BCUT2D eigenvalue weighted by Crippen LogP contribution is -2.48. The second kappa shape index (κ2) is 12.6. The van der Waals surface area contributed by atoms with Gasteiger partial charge in [-0.05, 0) is 72.4 Å². The Morgan fingerprint density at radius 1 is 1.18 bits per heavy atom. The molecule has 0 spiro atoms. The zero-order valence-corrected chi connectivity index (χ0v) is 21.6. The van der Waals surface area contributed by atoms with Gasteiger partial charge in [0.2, 0.25) is 17.6 Å². The maximum absolute atomic E-state index is 13.7. The highest BCUT2D eigenvalue weighted by Crippen LogP contribution is 2.26. The number of ether oxygens (including phenoxy) is 1. The molecule has 2 amide bonds. The molecular formula is C27H33FN6O4. The number of halogens is 1. The number of carbonyl (C=O) groups is 2. The third-order valence-corrected chi connectivity index (χ3v) is 6.37. The molecule has 2 atom stereocenters. The Bertz CT molecular complexity index is 1210. The molecule has 1 aromatic heterocycles. The molecule has 1 saturated heterocycles. The molecule has 1 aliphatic rings. The molecule has 2 aromatic carbocycles. The van der Waals surface area contributed by atoms with Gasteiger partial charge in [-0.15, -0.1) is 10.2 Å². The average Bonchev–Trinajstić information content (AvgIpc) is 3.57. The maximum Gasteiger partial charge on any atom is 0.247 e. The van der Waals surface area contributed by atoms with Crippen LogP contribution in [0.4, 0.5) is 4.39 Å². The van der Waals surface area contributed by atoms with E-state index < -0.39 is 6.04 Å². The van der Waals surface area contributed by atoms with Gasteiger partial charge in [0.25, 0.3) is 0 Å². The fourth-order valence-electron chi connectivity index (χ4n) is 4.31. The molecule has 1 aliphatic heterocycles. The van der Waals surface area contributed by atoms with Gasteiger partial charge in [0.05, 0.1) is 6.10 Å². The zero-order valence-electron chi connectivity index (χ0n) is 21.6. The summed E-state index contributed by atoms with van der Waals surface area (Å²) in [4.78, 5) is 29.9. The highest BCUT2D eigenvalue weighted by molar-refractivity contribution is 5.88. The average molecular weight is 525 g/mol. The molecule has 38 heavy (non-hydrogen) atoms. The van der Waals surface area contributed by atoms with Crippen LogP contribution in [0.1, 0.15) is 44.7 Å². The van der Waals surface area contributed by atoms with E-state index in [0.717, 1.165) is 24.1 Å². The van der Waals surface area contributed by atoms with Gasteiger partial charge in [0, 0.05) is 25.3 Å². The molecule has 0 aliphatic carbocycles. The molecule has 2 heterocycles. The summed E-state index contributed by atoms with van der Waals surface area (Å²) in [6, 6.07) is 11.0. The summed E-state index contributed by atoms with van der Waals surface area (Å²) in [5, 5.41) is 25.1. The lowest BCUT2D eigenvalue weighted by molar-refractivity contribution is -0.143. The van der Waals surface area contributed by atoms with E-state index in [0.29, 0.717) is 30.2 Å². The van der Waals surface area contributed by atoms with E-state index in [1.807, 2.05) is 0 Å². The van der Waals surface area contributed by atoms with Gasteiger partial charge in [-0.2, -0.15) is 4.80 Å². The van der Waals surface area contributed by atoms with E-state index in [4.69, 9.17) is 4.74 Å². The summed E-state index contributed by atoms with van der Waals surface area (Å²) in [6.45, 7) is 5.17. The molecule has 10 nitrogen and oxygen atoms in total. The van der Waals surface area contributed by atoms with E-state index in [2.05, 4.69) is 34.6 Å². The topological polar surface area (TPSA) is 122 Å². The number of carbonyl (C=O) groups excluding carboxylic acids is 2. The Labute approximate surface area is 220 Å². The molecule has 11 heteroatoms. The molecular weight excluding hydrogens is 491 g/mol. The molecule has 4 rings (SSSR count). The number of aromatic nitrogens is 4. The Morgan fingerprint density at radius 2 is 1.92 bits per heavy atom. The number of benzene rings is 2. The predicted molar refractivity (Wildman–Crippen MR) is 137 cm³/mol. The molecule has 0 bridgehead atoms. The van der Waals surface area contributed by atoms with Gasteiger partial charge in [-0.25, -0.2) is 4.39 Å².